The summed E-state index contributed by atoms with van der Waals surface area (Å²) in [6.45, 7) is 10.0. The molecule has 0 saturated heterocycles. The van der Waals surface area contributed by atoms with Gasteiger partial charge in [0, 0.05) is 13.0 Å². The number of amides is 1. The number of rotatable bonds is 9. The average molecular weight is 229 g/mol. The highest BCUT2D eigenvalue weighted by molar-refractivity contribution is 5.74. The molecule has 1 atom stereocenters. The molecule has 4 nitrogen and oxygen atoms in total. The molecule has 3 N–H and O–H groups in total. The average Bonchev–Trinajstić information content (AvgIpc) is 2.32. The maximum absolute atomic E-state index is 10.9. The van der Waals surface area contributed by atoms with Gasteiger partial charge in [-0.3, -0.25) is 10.2 Å². The van der Waals surface area contributed by atoms with Crippen LogP contribution >= 0.6 is 0 Å². The predicted octanol–water partition coefficient (Wildman–Crippen LogP) is 1.51. The second kappa shape index (κ2) is 9.60. The third-order valence-corrected chi connectivity index (χ3v) is 3.00. The van der Waals surface area contributed by atoms with Crippen LogP contribution in [-0.2, 0) is 4.79 Å². The summed E-state index contributed by atoms with van der Waals surface area (Å²) in [6.07, 6.45) is 3.75. The van der Waals surface area contributed by atoms with Crippen molar-refractivity contribution in [2.75, 3.05) is 19.6 Å². The van der Waals surface area contributed by atoms with Crippen LogP contribution < -0.4 is 11.3 Å². The van der Waals surface area contributed by atoms with Crippen molar-refractivity contribution in [1.29, 1.82) is 0 Å². The second-order valence-corrected chi connectivity index (χ2v) is 4.43. The molecule has 0 saturated carbocycles. The number of nitrogens with two attached hydrogens (primary N) is 1. The molecule has 0 aliphatic rings. The number of unbranched alkanes of at least 4 members (excludes halogenated alkanes) is 1. The Morgan fingerprint density at radius 1 is 1.38 bits per heavy atom. The minimum atomic E-state index is -0.0648. The molecule has 0 bridgehead atoms. The second-order valence-electron chi connectivity index (χ2n) is 4.43. The van der Waals surface area contributed by atoms with Gasteiger partial charge in [-0.05, 0) is 31.8 Å². The Hall–Kier alpha value is -0.610. The standard InChI is InChI=1S/C12H27N3O/c1-4-11(3)10-15(5-2)9-7-6-8-12(16)14-13/h11H,4-10,13H2,1-3H3,(H,14,16). The van der Waals surface area contributed by atoms with Crippen molar-refractivity contribution >= 4 is 5.91 Å². The van der Waals surface area contributed by atoms with E-state index in [1.54, 1.807) is 0 Å². The molecule has 1 amide bonds. The summed E-state index contributed by atoms with van der Waals surface area (Å²) < 4.78 is 0. The normalized spacial score (nSPS) is 12.8. The Bertz CT molecular complexity index is 185. The maximum atomic E-state index is 10.9. The minimum Gasteiger partial charge on any atom is -0.303 e. The van der Waals surface area contributed by atoms with E-state index in [9.17, 15) is 4.79 Å². The molecule has 0 aromatic heterocycles. The quantitative estimate of drug-likeness (QED) is 0.273. The highest BCUT2D eigenvalue weighted by Crippen LogP contribution is 2.06. The Balaban J connectivity index is 3.59. The Morgan fingerprint density at radius 2 is 2.06 bits per heavy atom. The van der Waals surface area contributed by atoms with E-state index in [1.807, 2.05) is 0 Å². The summed E-state index contributed by atoms with van der Waals surface area (Å²) >= 11 is 0. The fraction of sp³-hybridized carbons (Fsp3) is 0.917. The molecule has 16 heavy (non-hydrogen) atoms. The van der Waals surface area contributed by atoms with Crippen molar-refractivity contribution in [3.63, 3.8) is 0 Å². The smallest absolute Gasteiger partial charge is 0.233 e. The molecule has 0 fully saturated rings. The van der Waals surface area contributed by atoms with Gasteiger partial charge in [0.2, 0.25) is 5.91 Å². The summed E-state index contributed by atoms with van der Waals surface area (Å²) in [5.74, 6) is 5.71. The number of nitrogens with one attached hydrogen (secondary N) is 1. The summed E-state index contributed by atoms with van der Waals surface area (Å²) in [4.78, 5) is 13.4. The van der Waals surface area contributed by atoms with Crippen LogP contribution in [0.3, 0.4) is 0 Å². The van der Waals surface area contributed by atoms with Gasteiger partial charge >= 0.3 is 0 Å². The van der Waals surface area contributed by atoms with Gasteiger partial charge in [0.25, 0.3) is 0 Å². The molecule has 0 aliphatic carbocycles. The minimum absolute atomic E-state index is 0.0648. The van der Waals surface area contributed by atoms with Gasteiger partial charge in [-0.1, -0.05) is 27.2 Å². The maximum Gasteiger partial charge on any atom is 0.233 e. The predicted molar refractivity (Wildman–Crippen MR) is 67.8 cm³/mol. The van der Waals surface area contributed by atoms with Gasteiger partial charge in [0.05, 0.1) is 0 Å². The molecule has 0 rings (SSSR count). The summed E-state index contributed by atoms with van der Waals surface area (Å²) in [5, 5.41) is 0. The molecular formula is C12H27N3O. The first-order chi connectivity index (χ1) is 7.63. The number of hydrogen-bond donors (Lipinski definition) is 2. The molecule has 4 heteroatoms. The molecule has 96 valence electrons. The first-order valence-electron chi connectivity index (χ1n) is 6.35. The van der Waals surface area contributed by atoms with Gasteiger partial charge < -0.3 is 4.90 Å². The van der Waals surface area contributed by atoms with E-state index in [4.69, 9.17) is 5.84 Å². The lowest BCUT2D eigenvalue weighted by atomic mass is 10.1. The number of carbonyl (C=O) groups is 1. The van der Waals surface area contributed by atoms with Crippen molar-refractivity contribution in [2.45, 2.75) is 46.5 Å². The van der Waals surface area contributed by atoms with Crippen LogP contribution in [0, 0.1) is 5.92 Å². The zero-order valence-electron chi connectivity index (χ0n) is 11.0. The van der Waals surface area contributed by atoms with Crippen LogP contribution in [0.5, 0.6) is 0 Å². The molecule has 0 radical (unpaired) electrons. The molecular weight excluding hydrogens is 202 g/mol. The molecule has 0 spiro atoms. The Morgan fingerprint density at radius 3 is 2.56 bits per heavy atom. The lowest BCUT2D eigenvalue weighted by molar-refractivity contribution is -0.121. The van der Waals surface area contributed by atoms with Crippen molar-refractivity contribution in [3.05, 3.63) is 0 Å². The van der Waals surface area contributed by atoms with Crippen LogP contribution in [-0.4, -0.2) is 30.4 Å². The Kier molecular flexibility index (Phi) is 9.24. The van der Waals surface area contributed by atoms with Crippen molar-refractivity contribution in [1.82, 2.24) is 10.3 Å². The van der Waals surface area contributed by atoms with Gasteiger partial charge in [-0.2, -0.15) is 0 Å². The highest BCUT2D eigenvalue weighted by Gasteiger charge is 2.07. The van der Waals surface area contributed by atoms with Gasteiger partial charge in [0.1, 0.15) is 0 Å². The molecule has 1 unspecified atom stereocenters. The molecule has 0 heterocycles. The van der Waals surface area contributed by atoms with Crippen LogP contribution in [0.15, 0.2) is 0 Å². The molecule has 0 aromatic carbocycles. The van der Waals surface area contributed by atoms with Crippen LogP contribution in [0.25, 0.3) is 0 Å². The van der Waals surface area contributed by atoms with E-state index in [-0.39, 0.29) is 5.91 Å². The van der Waals surface area contributed by atoms with Crippen molar-refractivity contribution < 1.29 is 4.79 Å². The van der Waals surface area contributed by atoms with E-state index in [0.717, 1.165) is 38.4 Å². The van der Waals surface area contributed by atoms with E-state index in [2.05, 4.69) is 31.1 Å². The zero-order valence-corrected chi connectivity index (χ0v) is 11.0. The lowest BCUT2D eigenvalue weighted by Crippen LogP contribution is -2.31. The lowest BCUT2D eigenvalue weighted by Gasteiger charge is -2.23. The van der Waals surface area contributed by atoms with E-state index in [1.165, 1.54) is 6.42 Å². The largest absolute Gasteiger partial charge is 0.303 e. The van der Waals surface area contributed by atoms with Crippen LogP contribution in [0.4, 0.5) is 0 Å². The topological polar surface area (TPSA) is 58.4 Å². The number of nitrogens with zero attached hydrogens (tertiary/aromatic N) is 1. The highest BCUT2D eigenvalue weighted by atomic mass is 16.2. The monoisotopic (exact) mass is 229 g/mol. The van der Waals surface area contributed by atoms with Gasteiger partial charge in [0.15, 0.2) is 0 Å². The third kappa shape index (κ3) is 7.65. The van der Waals surface area contributed by atoms with E-state index < -0.39 is 0 Å². The summed E-state index contributed by atoms with van der Waals surface area (Å²) in [5.41, 5.74) is 2.16. The zero-order chi connectivity index (χ0) is 12.4. The van der Waals surface area contributed by atoms with E-state index in [0.29, 0.717) is 6.42 Å². The van der Waals surface area contributed by atoms with Gasteiger partial charge in [-0.15, -0.1) is 0 Å². The third-order valence-electron chi connectivity index (χ3n) is 3.00. The number of carbonyl (C=O) groups excluding carboxylic acids is 1. The summed E-state index contributed by atoms with van der Waals surface area (Å²) in [6, 6.07) is 0. The molecule has 0 aromatic rings. The van der Waals surface area contributed by atoms with Crippen molar-refractivity contribution in [2.24, 2.45) is 11.8 Å². The summed E-state index contributed by atoms with van der Waals surface area (Å²) in [7, 11) is 0. The van der Waals surface area contributed by atoms with Crippen LogP contribution in [0.1, 0.15) is 46.5 Å². The van der Waals surface area contributed by atoms with Gasteiger partial charge in [-0.25, -0.2) is 5.84 Å². The van der Waals surface area contributed by atoms with E-state index >= 15 is 0 Å². The Labute approximate surface area is 99.5 Å². The van der Waals surface area contributed by atoms with Crippen molar-refractivity contribution in [3.8, 4) is 0 Å². The first kappa shape index (κ1) is 15.4. The fourth-order valence-electron chi connectivity index (χ4n) is 1.64. The fourth-order valence-corrected chi connectivity index (χ4v) is 1.64. The number of hydrogen-bond acceptors (Lipinski definition) is 3. The molecule has 0 aliphatic heterocycles. The number of hydrazine groups is 1. The first-order valence-corrected chi connectivity index (χ1v) is 6.35. The van der Waals surface area contributed by atoms with Crippen LogP contribution in [0.2, 0.25) is 0 Å². The SMILES string of the molecule is CCC(C)CN(CC)CCCCC(=O)NN.